The second-order valence-corrected chi connectivity index (χ2v) is 5.96. The van der Waals surface area contributed by atoms with E-state index in [1.807, 2.05) is 22.6 Å². The Bertz CT molecular complexity index is 898. The summed E-state index contributed by atoms with van der Waals surface area (Å²) in [6, 6.07) is 8.05. The number of nitrogens with zero attached hydrogens (tertiary/aromatic N) is 2. The minimum atomic E-state index is -1.09. The Kier molecular flexibility index (Phi) is 5.10. The van der Waals surface area contributed by atoms with Crippen LogP contribution in [0.5, 0.6) is 0 Å². The second-order valence-electron chi connectivity index (χ2n) is 4.71. The molecule has 0 bridgehead atoms. The Morgan fingerprint density at radius 3 is 2.78 bits per heavy atom. The minimum Gasteiger partial charge on any atom is -0.478 e. The molecule has 1 aromatic carbocycles. The molecule has 0 fully saturated rings. The third kappa shape index (κ3) is 3.11. The first-order valence-corrected chi connectivity index (χ1v) is 7.45. The van der Waals surface area contributed by atoms with Crippen LogP contribution in [-0.2, 0) is 7.05 Å². The van der Waals surface area contributed by atoms with Crippen LogP contribution in [0.15, 0.2) is 36.5 Å². The summed E-state index contributed by atoms with van der Waals surface area (Å²) in [5.41, 5.74) is 0.811. The average molecular weight is 448 g/mol. The number of benzene rings is 1. The number of anilines is 2. The Labute approximate surface area is 151 Å². The van der Waals surface area contributed by atoms with E-state index in [0.29, 0.717) is 16.9 Å². The molecule has 0 unspecified atom stereocenters. The number of aromatic nitrogens is 2. The van der Waals surface area contributed by atoms with Crippen LogP contribution in [0, 0.1) is 9.39 Å². The number of aryl methyl sites for hydroxylation is 1. The molecule has 23 heavy (non-hydrogen) atoms. The van der Waals surface area contributed by atoms with Gasteiger partial charge < -0.3 is 15.0 Å². The van der Waals surface area contributed by atoms with E-state index in [1.54, 1.807) is 42.1 Å². The van der Waals surface area contributed by atoms with Crippen LogP contribution < -0.4 is 5.32 Å². The van der Waals surface area contributed by atoms with Gasteiger partial charge in [0.15, 0.2) is 0 Å². The van der Waals surface area contributed by atoms with Gasteiger partial charge in [-0.1, -0.05) is 0 Å². The third-order valence-electron chi connectivity index (χ3n) is 3.34. The zero-order chi connectivity index (χ0) is 15.9. The maximum atomic E-state index is 14.0. The van der Waals surface area contributed by atoms with Gasteiger partial charge in [-0.15, -0.1) is 12.4 Å². The van der Waals surface area contributed by atoms with Crippen molar-refractivity contribution in [2.24, 2.45) is 7.05 Å². The molecule has 3 aromatic rings. The van der Waals surface area contributed by atoms with Crippen molar-refractivity contribution < 1.29 is 14.3 Å². The summed E-state index contributed by atoms with van der Waals surface area (Å²) in [4.78, 5) is 15.8. The van der Waals surface area contributed by atoms with Gasteiger partial charge in [0.05, 0.1) is 5.69 Å². The number of pyridine rings is 1. The SMILES string of the molecule is Cl.Cn1c(Nc2ccc(I)cc2F)c(C(=O)O)c2cccnc21. The lowest BCUT2D eigenvalue weighted by atomic mass is 10.2. The lowest BCUT2D eigenvalue weighted by Crippen LogP contribution is -2.05. The van der Waals surface area contributed by atoms with Crippen LogP contribution in [0.4, 0.5) is 15.9 Å². The number of carbonyl (C=O) groups is 1. The van der Waals surface area contributed by atoms with Crippen molar-refractivity contribution in [2.45, 2.75) is 0 Å². The summed E-state index contributed by atoms with van der Waals surface area (Å²) in [6.45, 7) is 0. The number of hydrogen-bond donors (Lipinski definition) is 2. The number of rotatable bonds is 3. The smallest absolute Gasteiger partial charge is 0.340 e. The summed E-state index contributed by atoms with van der Waals surface area (Å²) in [7, 11) is 1.69. The van der Waals surface area contributed by atoms with Gasteiger partial charge in [-0.2, -0.15) is 0 Å². The molecule has 3 rings (SSSR count). The lowest BCUT2D eigenvalue weighted by molar-refractivity contribution is 0.0700. The molecule has 2 heterocycles. The standard InChI is InChI=1S/C15H11FIN3O2.ClH/c1-20-13-9(3-2-6-18-13)12(15(21)22)14(20)19-11-5-4-8(17)7-10(11)16;/h2-7,19H,1H3,(H,21,22);1H. The van der Waals surface area contributed by atoms with Gasteiger partial charge in [-0.05, 0) is 52.9 Å². The molecule has 0 atom stereocenters. The molecule has 0 spiro atoms. The highest BCUT2D eigenvalue weighted by Crippen LogP contribution is 2.31. The van der Waals surface area contributed by atoms with Crippen LogP contribution >= 0.6 is 35.0 Å². The first-order valence-electron chi connectivity index (χ1n) is 6.38. The van der Waals surface area contributed by atoms with Crippen LogP contribution in [-0.4, -0.2) is 20.6 Å². The van der Waals surface area contributed by atoms with Crippen LogP contribution in [0.2, 0.25) is 0 Å². The number of carboxylic acids is 1. The molecular formula is C15H12ClFIN3O2. The summed E-state index contributed by atoms with van der Waals surface area (Å²) < 4.78 is 16.4. The first kappa shape index (κ1) is 17.5. The molecular weight excluding hydrogens is 436 g/mol. The van der Waals surface area contributed by atoms with Crippen molar-refractivity contribution in [1.82, 2.24) is 9.55 Å². The number of halogens is 3. The van der Waals surface area contributed by atoms with Crippen LogP contribution in [0.25, 0.3) is 11.0 Å². The highest BCUT2D eigenvalue weighted by atomic mass is 127. The second kappa shape index (κ2) is 6.71. The summed E-state index contributed by atoms with van der Waals surface area (Å²) in [5, 5.41) is 12.9. The Morgan fingerprint density at radius 1 is 1.39 bits per heavy atom. The molecule has 2 N–H and O–H groups in total. The minimum absolute atomic E-state index is 0. The molecule has 8 heteroatoms. The lowest BCUT2D eigenvalue weighted by Gasteiger charge is -2.10. The van der Waals surface area contributed by atoms with E-state index >= 15 is 0 Å². The van der Waals surface area contributed by atoms with E-state index in [-0.39, 0.29) is 23.7 Å². The maximum Gasteiger partial charge on any atom is 0.340 e. The Morgan fingerprint density at radius 2 is 2.13 bits per heavy atom. The fourth-order valence-electron chi connectivity index (χ4n) is 2.34. The molecule has 0 amide bonds. The summed E-state index contributed by atoms with van der Waals surface area (Å²) in [6.07, 6.45) is 1.59. The molecule has 2 aromatic heterocycles. The molecule has 5 nitrogen and oxygen atoms in total. The van der Waals surface area contributed by atoms with Gasteiger partial charge in [-0.25, -0.2) is 14.2 Å². The van der Waals surface area contributed by atoms with Crippen LogP contribution in [0.1, 0.15) is 10.4 Å². The monoisotopic (exact) mass is 447 g/mol. The predicted octanol–water partition coefficient (Wildman–Crippen LogP) is 4.18. The van der Waals surface area contributed by atoms with E-state index in [1.165, 1.54) is 6.07 Å². The summed E-state index contributed by atoms with van der Waals surface area (Å²) in [5.74, 6) is -1.24. The zero-order valence-corrected chi connectivity index (χ0v) is 14.9. The van der Waals surface area contributed by atoms with E-state index in [0.717, 1.165) is 3.57 Å². The highest BCUT2D eigenvalue weighted by molar-refractivity contribution is 14.1. The van der Waals surface area contributed by atoms with E-state index < -0.39 is 11.8 Å². The van der Waals surface area contributed by atoms with Gasteiger partial charge >= 0.3 is 5.97 Å². The molecule has 0 aliphatic carbocycles. The number of fused-ring (bicyclic) bond motifs is 1. The fraction of sp³-hybridized carbons (Fsp3) is 0.0667. The van der Waals surface area contributed by atoms with Gasteiger partial charge in [0, 0.05) is 22.2 Å². The van der Waals surface area contributed by atoms with Crippen molar-refractivity contribution in [1.29, 1.82) is 0 Å². The molecule has 120 valence electrons. The van der Waals surface area contributed by atoms with Crippen molar-refractivity contribution in [2.75, 3.05) is 5.32 Å². The third-order valence-corrected chi connectivity index (χ3v) is 4.01. The average Bonchev–Trinajstić information content (AvgIpc) is 2.75. The molecule has 0 saturated carbocycles. The number of aromatic carboxylic acids is 1. The van der Waals surface area contributed by atoms with Crippen LogP contribution in [0.3, 0.4) is 0 Å². The zero-order valence-electron chi connectivity index (χ0n) is 11.9. The Hall–Kier alpha value is -1.87. The van der Waals surface area contributed by atoms with Gasteiger partial charge in [0.25, 0.3) is 0 Å². The van der Waals surface area contributed by atoms with E-state index in [4.69, 9.17) is 0 Å². The first-order chi connectivity index (χ1) is 10.5. The molecule has 0 aliphatic rings. The Balaban J connectivity index is 0.00000192. The highest BCUT2D eigenvalue weighted by Gasteiger charge is 2.22. The topological polar surface area (TPSA) is 67.2 Å². The largest absolute Gasteiger partial charge is 0.478 e. The van der Waals surface area contributed by atoms with Gasteiger partial charge in [0.2, 0.25) is 0 Å². The van der Waals surface area contributed by atoms with E-state index in [2.05, 4.69) is 10.3 Å². The fourth-order valence-corrected chi connectivity index (χ4v) is 2.80. The normalized spacial score (nSPS) is 10.4. The number of nitrogens with one attached hydrogen (secondary N) is 1. The summed E-state index contributed by atoms with van der Waals surface area (Å²) >= 11 is 2.01. The van der Waals surface area contributed by atoms with Crippen molar-refractivity contribution in [3.8, 4) is 0 Å². The van der Waals surface area contributed by atoms with Crippen molar-refractivity contribution in [3.05, 3.63) is 51.5 Å². The number of carboxylic acid groups (broad SMARTS) is 1. The quantitative estimate of drug-likeness (QED) is 0.591. The van der Waals surface area contributed by atoms with E-state index in [9.17, 15) is 14.3 Å². The van der Waals surface area contributed by atoms with Crippen molar-refractivity contribution >= 4 is 63.5 Å². The van der Waals surface area contributed by atoms with Gasteiger partial charge in [-0.3, -0.25) is 0 Å². The van der Waals surface area contributed by atoms with Gasteiger partial charge in [0.1, 0.15) is 22.8 Å². The number of hydrogen-bond acceptors (Lipinski definition) is 3. The maximum absolute atomic E-state index is 14.0. The predicted molar refractivity (Wildman–Crippen MR) is 97.3 cm³/mol. The molecule has 0 radical (unpaired) electrons. The molecule has 0 aliphatic heterocycles. The molecule has 0 saturated heterocycles. The van der Waals surface area contributed by atoms with Crippen molar-refractivity contribution in [3.63, 3.8) is 0 Å².